The largest absolute Gasteiger partial charge is 0.497 e. The lowest BCUT2D eigenvalue weighted by atomic mass is 10.1. The van der Waals surface area contributed by atoms with Gasteiger partial charge in [0.05, 0.1) is 13.2 Å². The molecule has 0 saturated heterocycles. The number of amides is 1. The highest BCUT2D eigenvalue weighted by Crippen LogP contribution is 2.23. The second kappa shape index (κ2) is 8.95. The minimum Gasteiger partial charge on any atom is -0.497 e. The predicted octanol–water partition coefficient (Wildman–Crippen LogP) is 5.01. The lowest BCUT2D eigenvalue weighted by Crippen LogP contribution is -2.34. The van der Waals surface area contributed by atoms with Crippen LogP contribution in [0.4, 0.5) is 4.79 Å². The zero-order chi connectivity index (χ0) is 16.8. The molecule has 1 aromatic carbocycles. The van der Waals surface area contributed by atoms with Gasteiger partial charge in [0.2, 0.25) is 0 Å². The highest BCUT2D eigenvalue weighted by Gasteiger charge is 2.19. The zero-order valence-corrected chi connectivity index (χ0v) is 17.5. The molecule has 0 heterocycles. The van der Waals surface area contributed by atoms with Crippen LogP contribution in [0.15, 0.2) is 33.9 Å². The van der Waals surface area contributed by atoms with Crippen LogP contribution in [-0.2, 0) is 4.74 Å². The number of alkyl carbamates (subject to hydrolysis) is 1. The number of nitrogens with one attached hydrogen (secondary N) is 1. The highest BCUT2D eigenvalue weighted by molar-refractivity contribution is 14.1. The van der Waals surface area contributed by atoms with Gasteiger partial charge in [0.15, 0.2) is 0 Å². The summed E-state index contributed by atoms with van der Waals surface area (Å²) in [5.74, 6) is 0.785. The number of benzene rings is 1. The molecule has 22 heavy (non-hydrogen) atoms. The number of carbonyl (C=O) groups is 1. The van der Waals surface area contributed by atoms with E-state index in [0.717, 1.165) is 19.3 Å². The van der Waals surface area contributed by atoms with Crippen molar-refractivity contribution in [2.75, 3.05) is 11.5 Å². The number of carbonyl (C=O) groups excluding carboxylic acids is 1. The second-order valence-electron chi connectivity index (χ2n) is 5.64. The monoisotopic (exact) mass is 529 g/mol. The fourth-order valence-electron chi connectivity index (χ4n) is 1.69. The summed E-state index contributed by atoms with van der Waals surface area (Å²) in [5, 5.41) is 2.91. The molecular weight excluding hydrogens is 508 g/mol. The molecule has 4 nitrogen and oxygen atoms in total. The standard InChI is InChI=1S/C16H21I2NO3/c1-16(2,3)22-15(20)19-14(9-12(18)10-17)11-5-7-13(21-4)8-6-11/h5-9,14H,10H2,1-4H3,(H,19,20)/t14-/m1/s1. The van der Waals surface area contributed by atoms with Gasteiger partial charge in [-0.2, -0.15) is 0 Å². The Morgan fingerprint density at radius 2 is 1.91 bits per heavy atom. The maximum atomic E-state index is 12.0. The number of alkyl halides is 1. The molecule has 1 amide bonds. The third-order valence-electron chi connectivity index (χ3n) is 2.62. The fourth-order valence-corrected chi connectivity index (χ4v) is 2.31. The molecule has 0 radical (unpaired) electrons. The molecule has 0 aromatic heterocycles. The van der Waals surface area contributed by atoms with E-state index in [9.17, 15) is 4.79 Å². The first-order valence-electron chi connectivity index (χ1n) is 6.81. The Labute approximate surface area is 159 Å². The molecule has 122 valence electrons. The van der Waals surface area contributed by atoms with E-state index < -0.39 is 11.7 Å². The van der Waals surface area contributed by atoms with Crippen LogP contribution in [0.3, 0.4) is 0 Å². The first-order valence-corrected chi connectivity index (χ1v) is 9.41. The normalized spacial score (nSPS) is 13.5. The van der Waals surface area contributed by atoms with Gasteiger partial charge in [-0.1, -0.05) is 34.7 Å². The van der Waals surface area contributed by atoms with Crippen molar-refractivity contribution in [1.82, 2.24) is 5.32 Å². The molecule has 0 unspecified atom stereocenters. The predicted molar refractivity (Wildman–Crippen MR) is 106 cm³/mol. The number of ether oxygens (including phenoxy) is 2. The number of halogens is 2. The molecule has 1 rings (SSSR count). The molecule has 1 atom stereocenters. The minimum absolute atomic E-state index is 0.234. The summed E-state index contributed by atoms with van der Waals surface area (Å²) in [5.41, 5.74) is 0.458. The van der Waals surface area contributed by atoms with E-state index >= 15 is 0 Å². The number of hydrogen-bond acceptors (Lipinski definition) is 3. The molecule has 0 spiro atoms. The van der Waals surface area contributed by atoms with Crippen LogP contribution in [-0.4, -0.2) is 23.2 Å². The van der Waals surface area contributed by atoms with Crippen molar-refractivity contribution < 1.29 is 14.3 Å². The van der Waals surface area contributed by atoms with E-state index in [1.807, 2.05) is 51.1 Å². The lowest BCUT2D eigenvalue weighted by Gasteiger charge is -2.23. The molecule has 0 bridgehead atoms. The first-order chi connectivity index (χ1) is 10.2. The van der Waals surface area contributed by atoms with E-state index in [4.69, 9.17) is 9.47 Å². The average Bonchev–Trinajstić information content (AvgIpc) is 2.44. The topological polar surface area (TPSA) is 47.6 Å². The van der Waals surface area contributed by atoms with Crippen LogP contribution >= 0.6 is 45.2 Å². The number of methoxy groups -OCH3 is 1. The van der Waals surface area contributed by atoms with E-state index in [2.05, 4.69) is 50.5 Å². The van der Waals surface area contributed by atoms with Gasteiger partial charge in [0.1, 0.15) is 11.4 Å². The smallest absolute Gasteiger partial charge is 0.408 e. The van der Waals surface area contributed by atoms with Crippen LogP contribution in [0, 0.1) is 0 Å². The SMILES string of the molecule is COc1ccc([C@@H](C=C(I)CI)NC(=O)OC(C)(C)C)cc1. The van der Waals surface area contributed by atoms with Gasteiger partial charge in [-0.25, -0.2) is 4.79 Å². The van der Waals surface area contributed by atoms with Crippen molar-refractivity contribution in [3.8, 4) is 5.75 Å². The van der Waals surface area contributed by atoms with E-state index in [-0.39, 0.29) is 6.04 Å². The Balaban J connectivity index is 2.95. The van der Waals surface area contributed by atoms with Crippen molar-refractivity contribution in [1.29, 1.82) is 0 Å². The molecule has 0 aliphatic heterocycles. The number of hydrogen-bond donors (Lipinski definition) is 1. The lowest BCUT2D eigenvalue weighted by molar-refractivity contribution is 0.0514. The zero-order valence-electron chi connectivity index (χ0n) is 13.2. The third-order valence-corrected chi connectivity index (χ3v) is 5.64. The maximum Gasteiger partial charge on any atom is 0.408 e. The van der Waals surface area contributed by atoms with Crippen molar-refractivity contribution in [3.63, 3.8) is 0 Å². The summed E-state index contributed by atoms with van der Waals surface area (Å²) in [6.45, 7) is 5.54. The Morgan fingerprint density at radius 3 is 2.36 bits per heavy atom. The molecule has 0 saturated carbocycles. The second-order valence-corrected chi connectivity index (χ2v) is 7.79. The van der Waals surface area contributed by atoms with Gasteiger partial charge in [0, 0.05) is 4.43 Å². The summed E-state index contributed by atoms with van der Waals surface area (Å²) >= 11 is 4.57. The molecule has 6 heteroatoms. The Morgan fingerprint density at radius 1 is 1.32 bits per heavy atom. The van der Waals surface area contributed by atoms with Crippen LogP contribution in [0.1, 0.15) is 32.4 Å². The van der Waals surface area contributed by atoms with Crippen molar-refractivity contribution in [3.05, 3.63) is 39.5 Å². The van der Waals surface area contributed by atoms with Gasteiger partial charge in [-0.05, 0) is 70.7 Å². The van der Waals surface area contributed by atoms with Crippen molar-refractivity contribution in [2.24, 2.45) is 0 Å². The minimum atomic E-state index is -0.519. The maximum absolute atomic E-state index is 12.0. The van der Waals surface area contributed by atoms with E-state index in [1.54, 1.807) is 7.11 Å². The summed E-state index contributed by atoms with van der Waals surface area (Å²) in [4.78, 5) is 12.0. The molecule has 1 aromatic rings. The van der Waals surface area contributed by atoms with Crippen LogP contribution in [0.25, 0.3) is 0 Å². The number of rotatable bonds is 5. The molecule has 0 fully saturated rings. The summed E-state index contributed by atoms with van der Waals surface area (Å²) in [6.07, 6.45) is 1.60. The molecular formula is C16H21I2NO3. The third kappa shape index (κ3) is 7.17. The van der Waals surface area contributed by atoms with E-state index in [1.165, 1.54) is 0 Å². The summed E-state index contributed by atoms with van der Waals surface area (Å²) < 4.78 is 12.6. The van der Waals surface area contributed by atoms with Gasteiger partial charge >= 0.3 is 6.09 Å². The van der Waals surface area contributed by atoms with Crippen LogP contribution in [0.2, 0.25) is 0 Å². The highest BCUT2D eigenvalue weighted by atomic mass is 127. The Hall–Kier alpha value is -0.510. The fraction of sp³-hybridized carbons (Fsp3) is 0.438. The quantitative estimate of drug-likeness (QED) is 0.431. The van der Waals surface area contributed by atoms with Gasteiger partial charge < -0.3 is 14.8 Å². The van der Waals surface area contributed by atoms with Gasteiger partial charge in [0.25, 0.3) is 0 Å². The molecule has 0 aliphatic carbocycles. The average molecular weight is 529 g/mol. The first kappa shape index (κ1) is 19.5. The van der Waals surface area contributed by atoms with Crippen LogP contribution in [0.5, 0.6) is 5.75 Å². The molecule has 1 N–H and O–H groups in total. The van der Waals surface area contributed by atoms with Gasteiger partial charge in [-0.3, -0.25) is 0 Å². The number of allylic oxidation sites excluding steroid dienone is 1. The summed E-state index contributed by atoms with van der Waals surface area (Å²) in [7, 11) is 1.63. The van der Waals surface area contributed by atoms with Crippen molar-refractivity contribution in [2.45, 2.75) is 32.4 Å². The van der Waals surface area contributed by atoms with Crippen LogP contribution < -0.4 is 10.1 Å². The van der Waals surface area contributed by atoms with Crippen molar-refractivity contribution >= 4 is 51.3 Å². The van der Waals surface area contributed by atoms with E-state index in [0.29, 0.717) is 0 Å². The van der Waals surface area contributed by atoms with Gasteiger partial charge in [-0.15, -0.1) is 0 Å². The molecule has 0 aliphatic rings. The Bertz CT molecular complexity index is 521. The summed E-state index contributed by atoms with van der Waals surface area (Å²) in [6, 6.07) is 7.40. The Kier molecular flexibility index (Phi) is 7.95.